The number of fused-ring (bicyclic) bond motifs is 2. The van der Waals surface area contributed by atoms with E-state index in [1.165, 1.54) is 19.2 Å². The Morgan fingerprint density at radius 3 is 1.19 bits per heavy atom. The van der Waals surface area contributed by atoms with Gasteiger partial charge in [-0.2, -0.15) is 0 Å². The predicted molar refractivity (Wildman–Crippen MR) is 512 cm³/mol. The van der Waals surface area contributed by atoms with Crippen LogP contribution in [-0.2, 0) is 98.2 Å². The van der Waals surface area contributed by atoms with Crippen LogP contribution in [0.15, 0.2) is 188 Å². The molecular weight excluding hydrogens is 1910 g/mol. The Kier molecular flexibility index (Phi) is 32.5. The van der Waals surface area contributed by atoms with E-state index in [0.717, 1.165) is 57.9 Å². The van der Waals surface area contributed by atoms with Gasteiger partial charge in [-0.15, -0.1) is 12.4 Å². The zero-order valence-corrected chi connectivity index (χ0v) is 84.4. The van der Waals surface area contributed by atoms with Crippen LogP contribution < -0.4 is 47.0 Å². The van der Waals surface area contributed by atoms with E-state index in [9.17, 15) is 44.7 Å². The first-order chi connectivity index (χ1) is 54.3. The molecule has 6 aromatic carbocycles. The first kappa shape index (κ1) is 99.7. The molecule has 0 bridgehead atoms. The third-order valence-corrected chi connectivity index (χ3v) is 37.1. The van der Waals surface area contributed by atoms with E-state index < -0.39 is 45.7 Å². The maximum absolute atomic E-state index is 14.0. The minimum Gasteiger partial charge on any atom is -0.412 e. The largest absolute Gasteiger partial charge is 0.412 e. The van der Waals surface area contributed by atoms with Gasteiger partial charge in [0.15, 0.2) is 16.6 Å². The summed E-state index contributed by atoms with van der Waals surface area (Å²) in [6.45, 7) is 41.1. The highest BCUT2D eigenvalue weighted by Crippen LogP contribution is 2.45. The highest BCUT2D eigenvalue weighted by molar-refractivity contribution is 9.11. The number of nitrogens with zero attached hydrogens (tertiary/aromatic N) is 5. The lowest BCUT2D eigenvalue weighted by molar-refractivity contribution is 0.277. The Balaban J connectivity index is 0.000000229. The minimum absolute atomic E-state index is 0. The maximum atomic E-state index is 14.0. The number of aliphatic hydroxyl groups excluding tert-OH is 1. The lowest BCUT2D eigenvalue weighted by atomic mass is 9.98. The van der Waals surface area contributed by atoms with E-state index in [4.69, 9.17) is 25.3 Å². The van der Waals surface area contributed by atoms with Crippen LogP contribution in [0.1, 0.15) is 137 Å². The Labute approximate surface area is 750 Å². The SMILES string of the molecule is Cl.Cn1cc(-c2cccc(N)c2CO[Si](C)(C)C(C)(C)C)cc(NC(C)(C)C)c1=O.Cn1cc(-c2cccc(N3CCc4cc(Br)ccc4S3(=O)=O)c2CO)cc(NC(C)(C)C)c1=O.Cn1cc(-c2cccc(N3CCc4cc(Br)ccc4S3(=O)=O)c2CO[Si](C)(C)C(C)(C)C)cc(NC(C)(C)C)c1=O.O=S(=O)(Cl)c1ccc(Br)cc1CCBr. The third kappa shape index (κ3) is 24.8. The normalized spacial score (nSPS) is 14.2. The summed E-state index contributed by atoms with van der Waals surface area (Å²) in [7, 11) is -4.87. The number of nitrogen functional groups attached to an aromatic ring is 1. The smallest absolute Gasteiger partial charge is 0.273 e. The number of alkyl halides is 1. The van der Waals surface area contributed by atoms with Crippen molar-refractivity contribution in [1.82, 2.24) is 13.7 Å². The van der Waals surface area contributed by atoms with Crippen molar-refractivity contribution < 1.29 is 39.2 Å². The molecule has 9 aromatic rings. The number of aromatic nitrogens is 3. The van der Waals surface area contributed by atoms with Crippen molar-refractivity contribution in [3.63, 3.8) is 0 Å². The fourth-order valence-electron chi connectivity index (χ4n) is 13.0. The monoisotopic (exact) mass is 2020 g/mol. The molecule has 32 heteroatoms. The summed E-state index contributed by atoms with van der Waals surface area (Å²) < 4.78 is 101. The molecule has 3 aromatic heterocycles. The van der Waals surface area contributed by atoms with Crippen LogP contribution in [0.5, 0.6) is 0 Å². The van der Waals surface area contributed by atoms with Gasteiger partial charge >= 0.3 is 0 Å². The van der Waals surface area contributed by atoms with Crippen LogP contribution in [0.4, 0.5) is 34.1 Å². The van der Waals surface area contributed by atoms with Gasteiger partial charge < -0.3 is 49.3 Å². The van der Waals surface area contributed by atoms with Gasteiger partial charge in [-0.25, -0.2) is 25.3 Å². The number of anilines is 6. The van der Waals surface area contributed by atoms with Crippen LogP contribution in [0.3, 0.4) is 0 Å². The zero-order chi connectivity index (χ0) is 88.3. The van der Waals surface area contributed by atoms with Gasteiger partial charge in [-0.05, 0) is 242 Å². The Morgan fingerprint density at radius 1 is 0.504 bits per heavy atom. The summed E-state index contributed by atoms with van der Waals surface area (Å²) in [6, 6.07) is 37.9. The van der Waals surface area contributed by atoms with Crippen LogP contribution in [0, 0.1) is 0 Å². The Bertz CT molecular complexity index is 5780. The number of pyridine rings is 3. The molecule has 0 unspecified atom stereocenters. The molecular formula is C87H115Br4Cl2N9O12S3Si2. The standard InChI is InChI=1S/C31H42BrN3O4SSi.C25H28BrN3O4S.C23H37N3O2Si.C8H7Br2ClO2S.ClH/c1-30(2,3)33-26-18-22(19-34(7)29(26)36)24-11-10-12-27(25(24)20-39-41(8,9)31(4,5)6)35-16-15-21-17-23(32)13-14-28(21)40(35,37)38;1-25(2,3)27-21-13-17(14-28(4)24(21)31)19-6-5-7-22(20(19)15-30)29-11-10-16-12-18(26)8-9-23(16)34(29,32)33;1-22(2,3)25-20-13-16(14-26(7)21(20)27)17-11-10-12-19(24)18(17)15-28-29(8,9)23(4,5)6;9-4-3-6-5-7(10)1-2-8(6)14(11,12)13;/h10-14,17-19,33H,15-16,20H2,1-9H3;5-9,12-14,27,30H,10-11,15H2,1-4H3;10-14,25H,15,24H2,1-9H3;1-2,5H,3-4H2;1H. The first-order valence-electron chi connectivity index (χ1n) is 38.7. The number of nitrogens with two attached hydrogens (primary N) is 1. The quantitative estimate of drug-likeness (QED) is 0.0231. The average molecular weight is 2020 g/mol. The van der Waals surface area contributed by atoms with Gasteiger partial charge in [-0.1, -0.05) is 142 Å². The van der Waals surface area contributed by atoms with Crippen molar-refractivity contribution in [2.24, 2.45) is 21.1 Å². The molecule has 2 aliphatic heterocycles. The number of hydrogen-bond donors (Lipinski definition) is 5. The van der Waals surface area contributed by atoms with E-state index in [1.54, 1.807) is 91.1 Å². The molecule has 0 fully saturated rings. The van der Waals surface area contributed by atoms with Gasteiger partial charge in [0.1, 0.15) is 17.1 Å². The number of nitrogens with one attached hydrogen (secondary N) is 3. The van der Waals surface area contributed by atoms with Crippen molar-refractivity contribution in [3.8, 4) is 33.4 Å². The summed E-state index contributed by atoms with van der Waals surface area (Å²) in [5, 5.41) is 21.1. The molecule has 6 N–H and O–H groups in total. The lowest BCUT2D eigenvalue weighted by Gasteiger charge is -2.37. The maximum Gasteiger partial charge on any atom is 0.273 e. The minimum atomic E-state index is -3.80. The summed E-state index contributed by atoms with van der Waals surface area (Å²) in [6.07, 6.45) is 7.15. The second kappa shape index (κ2) is 38.8. The number of sulfonamides is 2. The van der Waals surface area contributed by atoms with Crippen molar-refractivity contribution in [2.45, 2.75) is 211 Å². The number of aryl methyl sites for hydroxylation is 4. The van der Waals surface area contributed by atoms with Gasteiger partial charge in [0.25, 0.3) is 45.8 Å². The topological polar surface area (TPSA) is 276 Å². The van der Waals surface area contributed by atoms with Crippen LogP contribution >= 0.6 is 86.8 Å². The number of rotatable bonds is 18. The molecule has 0 saturated heterocycles. The highest BCUT2D eigenvalue weighted by atomic mass is 79.9. The van der Waals surface area contributed by atoms with Crippen molar-refractivity contribution in [1.29, 1.82) is 0 Å². The van der Waals surface area contributed by atoms with Crippen LogP contribution in [0.25, 0.3) is 33.4 Å². The number of hydrogen-bond acceptors (Lipinski definition) is 16. The summed E-state index contributed by atoms with van der Waals surface area (Å²) >= 11 is 13.4. The number of benzene rings is 6. The summed E-state index contributed by atoms with van der Waals surface area (Å²) in [4.78, 5) is 39.1. The zero-order valence-electron chi connectivity index (χ0n) is 72.0. The fraction of sp³-hybridized carbons (Fsp3) is 0.414. The third-order valence-electron chi connectivity index (χ3n) is 21.0. The van der Waals surface area contributed by atoms with Crippen LogP contribution in [-0.4, -0.2) is 95.7 Å². The molecule has 21 nitrogen and oxygen atoms in total. The fourth-order valence-corrected chi connectivity index (χ4v) is 21.2. The van der Waals surface area contributed by atoms with Gasteiger partial charge in [0, 0.05) is 138 Å². The number of halogens is 6. The number of aliphatic hydroxyl groups is 1. The molecule has 0 radical (unpaired) electrons. The molecule has 2 aliphatic rings. The van der Waals surface area contributed by atoms with Crippen LogP contribution in [0.2, 0.25) is 36.3 Å². The second-order valence-corrected chi connectivity index (χ2v) is 55.2. The highest BCUT2D eigenvalue weighted by Gasteiger charge is 2.41. The molecule has 0 saturated carbocycles. The molecule has 648 valence electrons. The Hall–Kier alpha value is -6.37. The second-order valence-electron chi connectivity index (χ2n) is 35.8. The molecule has 11 rings (SSSR count). The molecule has 0 spiro atoms. The molecule has 119 heavy (non-hydrogen) atoms. The summed E-state index contributed by atoms with van der Waals surface area (Å²) in [5.41, 5.74) is 17.9. The van der Waals surface area contributed by atoms with Crippen molar-refractivity contribution in [3.05, 3.63) is 224 Å². The van der Waals surface area contributed by atoms with E-state index in [1.807, 2.05) is 141 Å². The van der Waals surface area contributed by atoms with E-state index >= 15 is 0 Å². The molecule has 0 amide bonds. The summed E-state index contributed by atoms with van der Waals surface area (Å²) in [5.74, 6) is 0. The van der Waals surface area contributed by atoms with Crippen molar-refractivity contribution >= 4 is 167 Å². The van der Waals surface area contributed by atoms with Gasteiger partial charge in [0.2, 0.25) is 0 Å². The lowest BCUT2D eigenvalue weighted by Crippen LogP contribution is -2.41. The molecule has 5 heterocycles. The van der Waals surface area contributed by atoms with Gasteiger partial charge in [-0.3, -0.25) is 23.0 Å². The van der Waals surface area contributed by atoms with E-state index in [0.29, 0.717) is 99.0 Å². The predicted octanol–water partition coefficient (Wildman–Crippen LogP) is 20.7. The van der Waals surface area contributed by atoms with Gasteiger partial charge in [0.05, 0.1) is 45.9 Å². The Morgan fingerprint density at radius 2 is 0.840 bits per heavy atom. The first-order valence-corrected chi connectivity index (χ1v) is 53.2. The average Bonchev–Trinajstić information content (AvgIpc) is 0.747. The van der Waals surface area contributed by atoms with E-state index in [-0.39, 0.29) is 85.3 Å². The van der Waals surface area contributed by atoms with Crippen molar-refractivity contribution in [2.75, 3.05) is 48.7 Å². The molecule has 0 atom stereocenters. The van der Waals surface area contributed by atoms with E-state index in [2.05, 4.69) is 147 Å². The molecule has 0 aliphatic carbocycles.